The molecule has 0 aliphatic carbocycles. The number of sulfonamides is 1. The highest BCUT2D eigenvalue weighted by atomic mass is 32.2. The van der Waals surface area contributed by atoms with E-state index in [2.05, 4.69) is 4.90 Å². The van der Waals surface area contributed by atoms with Crippen LogP contribution in [0, 0.1) is 11.3 Å². The van der Waals surface area contributed by atoms with Gasteiger partial charge in [-0.25, -0.2) is 13.2 Å². The van der Waals surface area contributed by atoms with E-state index in [0.717, 1.165) is 0 Å². The Labute approximate surface area is 163 Å². The molecule has 28 heavy (non-hydrogen) atoms. The van der Waals surface area contributed by atoms with Gasteiger partial charge in [0.25, 0.3) is 0 Å². The lowest BCUT2D eigenvalue weighted by molar-refractivity contribution is 0.0593. The van der Waals surface area contributed by atoms with Gasteiger partial charge < -0.3 is 19.9 Å². The normalized spacial score (nSPS) is 15.9. The molecular formula is C18H21N5O4S. The van der Waals surface area contributed by atoms with E-state index < -0.39 is 16.0 Å². The van der Waals surface area contributed by atoms with Gasteiger partial charge in [0.2, 0.25) is 10.0 Å². The topological polar surface area (TPSA) is 122 Å². The van der Waals surface area contributed by atoms with Crippen molar-refractivity contribution in [2.24, 2.45) is 0 Å². The smallest absolute Gasteiger partial charge is 0.357 e. The Kier molecular flexibility index (Phi) is 5.42. The third kappa shape index (κ3) is 3.35. The summed E-state index contributed by atoms with van der Waals surface area (Å²) in [5.41, 5.74) is 6.09. The second-order valence-corrected chi connectivity index (χ2v) is 8.36. The number of esters is 1. The summed E-state index contributed by atoms with van der Waals surface area (Å²) in [4.78, 5) is 14.3. The quantitative estimate of drug-likeness (QED) is 0.744. The molecule has 1 aliphatic heterocycles. The fraction of sp³-hybridized carbons (Fsp3) is 0.333. The molecule has 0 bridgehead atoms. The summed E-state index contributed by atoms with van der Waals surface area (Å²) in [5.74, 6) is -0.759. The standard InChI is InChI=1S/C18H21N5O4S/c1-21-7-9-22(10-8-21)28(25,26)15-6-4-3-5-14(15)23-12-13(11-19)16(20)17(23)18(24)27-2/h3-6,12H,7-10,20H2,1-2H3. The number of likely N-dealkylation sites (N-methyl/N-ethyl adjacent to an activating group) is 1. The van der Waals surface area contributed by atoms with Crippen LogP contribution in [0.15, 0.2) is 35.4 Å². The lowest BCUT2D eigenvalue weighted by Gasteiger charge is -2.32. The Morgan fingerprint density at radius 1 is 1.21 bits per heavy atom. The number of para-hydroxylation sites is 1. The number of aromatic nitrogens is 1. The SMILES string of the molecule is COC(=O)c1c(N)c(C#N)cn1-c1ccccc1S(=O)(=O)N1CCN(C)CC1. The van der Waals surface area contributed by atoms with Gasteiger partial charge in [-0.15, -0.1) is 0 Å². The number of nitrogen functional groups attached to an aromatic ring is 1. The monoisotopic (exact) mass is 403 g/mol. The summed E-state index contributed by atoms with van der Waals surface area (Å²) < 4.78 is 34.1. The third-order valence-corrected chi connectivity index (χ3v) is 6.69. The van der Waals surface area contributed by atoms with E-state index in [9.17, 15) is 18.5 Å². The van der Waals surface area contributed by atoms with Crippen LogP contribution in [0.25, 0.3) is 5.69 Å². The van der Waals surface area contributed by atoms with Crippen molar-refractivity contribution >= 4 is 21.7 Å². The zero-order valence-corrected chi connectivity index (χ0v) is 16.4. The van der Waals surface area contributed by atoms with E-state index in [1.54, 1.807) is 18.2 Å². The maximum Gasteiger partial charge on any atom is 0.357 e. The average Bonchev–Trinajstić information content (AvgIpc) is 3.04. The first-order valence-corrected chi connectivity index (χ1v) is 10.0. The first kappa shape index (κ1) is 19.9. The molecule has 0 amide bonds. The van der Waals surface area contributed by atoms with Gasteiger partial charge in [-0.2, -0.15) is 9.57 Å². The van der Waals surface area contributed by atoms with Gasteiger partial charge in [-0.1, -0.05) is 12.1 Å². The van der Waals surface area contributed by atoms with Crippen molar-refractivity contribution < 1.29 is 17.9 Å². The molecule has 9 nitrogen and oxygen atoms in total. The summed E-state index contributed by atoms with van der Waals surface area (Å²) in [5, 5.41) is 9.29. The Bertz CT molecular complexity index is 1050. The summed E-state index contributed by atoms with van der Waals surface area (Å²) in [7, 11) is -0.684. The van der Waals surface area contributed by atoms with Gasteiger partial charge in [-0.05, 0) is 19.2 Å². The molecule has 0 radical (unpaired) electrons. The Hall–Kier alpha value is -2.87. The molecule has 1 aliphatic rings. The fourth-order valence-electron chi connectivity index (χ4n) is 3.15. The van der Waals surface area contributed by atoms with Crippen molar-refractivity contribution in [2.75, 3.05) is 46.1 Å². The Morgan fingerprint density at radius 3 is 2.46 bits per heavy atom. The predicted octanol–water partition coefficient (Wildman–Crippen LogP) is 0.654. The van der Waals surface area contributed by atoms with Crippen LogP contribution in [0.2, 0.25) is 0 Å². The average molecular weight is 403 g/mol. The van der Waals surface area contributed by atoms with E-state index in [0.29, 0.717) is 26.2 Å². The Balaban J connectivity index is 2.17. The fourth-order valence-corrected chi connectivity index (χ4v) is 4.75. The number of benzene rings is 1. The number of nitriles is 1. The number of hydrogen-bond donors (Lipinski definition) is 1. The zero-order chi connectivity index (χ0) is 20.5. The minimum Gasteiger partial charge on any atom is -0.464 e. The largest absolute Gasteiger partial charge is 0.464 e. The number of methoxy groups -OCH3 is 1. The predicted molar refractivity (Wildman–Crippen MR) is 102 cm³/mol. The lowest BCUT2D eigenvalue weighted by Crippen LogP contribution is -2.47. The maximum absolute atomic E-state index is 13.3. The van der Waals surface area contributed by atoms with Crippen molar-refractivity contribution in [3.05, 3.63) is 41.7 Å². The van der Waals surface area contributed by atoms with Crippen molar-refractivity contribution in [1.29, 1.82) is 5.26 Å². The van der Waals surface area contributed by atoms with E-state index in [1.165, 1.54) is 28.2 Å². The molecule has 3 rings (SSSR count). The number of nitrogens with two attached hydrogens (primary N) is 1. The summed E-state index contributed by atoms with van der Waals surface area (Å²) in [6.45, 7) is 2.00. The van der Waals surface area contributed by atoms with Crippen molar-refractivity contribution in [1.82, 2.24) is 13.8 Å². The lowest BCUT2D eigenvalue weighted by atomic mass is 10.2. The molecule has 2 heterocycles. The number of anilines is 1. The first-order valence-electron chi connectivity index (χ1n) is 8.58. The van der Waals surface area contributed by atoms with E-state index >= 15 is 0 Å². The minimum atomic E-state index is -3.81. The molecule has 0 saturated carbocycles. The second-order valence-electron chi connectivity index (χ2n) is 6.45. The van der Waals surface area contributed by atoms with Crippen LogP contribution < -0.4 is 5.73 Å². The van der Waals surface area contributed by atoms with E-state index in [4.69, 9.17) is 10.5 Å². The number of rotatable bonds is 4. The number of carbonyl (C=O) groups excluding carboxylic acids is 1. The molecule has 0 unspecified atom stereocenters. The third-order valence-electron chi connectivity index (χ3n) is 4.75. The van der Waals surface area contributed by atoms with Gasteiger partial charge in [0.15, 0.2) is 5.69 Å². The maximum atomic E-state index is 13.3. The van der Waals surface area contributed by atoms with Crippen LogP contribution in [0.1, 0.15) is 16.1 Å². The zero-order valence-electron chi connectivity index (χ0n) is 15.6. The Morgan fingerprint density at radius 2 is 1.86 bits per heavy atom. The molecule has 1 saturated heterocycles. The number of carbonyl (C=O) groups is 1. The molecule has 2 N–H and O–H groups in total. The number of nitrogens with zero attached hydrogens (tertiary/aromatic N) is 4. The van der Waals surface area contributed by atoms with Gasteiger partial charge in [0.1, 0.15) is 11.0 Å². The molecular weight excluding hydrogens is 382 g/mol. The summed E-state index contributed by atoms with van der Waals surface area (Å²) in [6.07, 6.45) is 1.35. The molecule has 0 atom stereocenters. The molecule has 1 aromatic heterocycles. The van der Waals surface area contributed by atoms with Crippen LogP contribution in [-0.4, -0.2) is 68.5 Å². The van der Waals surface area contributed by atoms with Crippen molar-refractivity contribution in [3.8, 4) is 11.8 Å². The number of piperazine rings is 1. The summed E-state index contributed by atoms with van der Waals surface area (Å²) in [6, 6.07) is 8.22. The van der Waals surface area contributed by atoms with Gasteiger partial charge in [0.05, 0.1) is 24.0 Å². The molecule has 1 aromatic carbocycles. The van der Waals surface area contributed by atoms with Crippen LogP contribution >= 0.6 is 0 Å². The number of hydrogen-bond acceptors (Lipinski definition) is 7. The molecule has 1 fully saturated rings. The van der Waals surface area contributed by atoms with Gasteiger partial charge >= 0.3 is 5.97 Å². The minimum absolute atomic E-state index is 0.0317. The highest BCUT2D eigenvalue weighted by Crippen LogP contribution is 2.30. The van der Waals surface area contributed by atoms with Gasteiger partial charge in [0, 0.05) is 32.4 Å². The van der Waals surface area contributed by atoms with E-state index in [-0.39, 0.29) is 27.5 Å². The van der Waals surface area contributed by atoms with Crippen LogP contribution in [-0.2, 0) is 14.8 Å². The van der Waals surface area contributed by atoms with E-state index in [1.807, 2.05) is 13.1 Å². The van der Waals surface area contributed by atoms with Gasteiger partial charge in [-0.3, -0.25) is 0 Å². The van der Waals surface area contributed by atoms with Crippen LogP contribution in [0.3, 0.4) is 0 Å². The van der Waals surface area contributed by atoms with Crippen LogP contribution in [0.5, 0.6) is 0 Å². The molecule has 148 valence electrons. The highest BCUT2D eigenvalue weighted by molar-refractivity contribution is 7.89. The van der Waals surface area contributed by atoms with Crippen LogP contribution in [0.4, 0.5) is 5.69 Å². The van der Waals surface area contributed by atoms with Crippen molar-refractivity contribution in [3.63, 3.8) is 0 Å². The van der Waals surface area contributed by atoms with Crippen molar-refractivity contribution in [2.45, 2.75) is 4.90 Å². The highest BCUT2D eigenvalue weighted by Gasteiger charge is 2.31. The first-order chi connectivity index (χ1) is 13.3. The summed E-state index contributed by atoms with van der Waals surface area (Å²) >= 11 is 0. The molecule has 0 spiro atoms. The molecule has 10 heteroatoms. The number of ether oxygens (including phenoxy) is 1. The molecule has 2 aromatic rings. The second kappa shape index (κ2) is 7.63.